The summed E-state index contributed by atoms with van der Waals surface area (Å²) in [6.45, 7) is 1.98. The molecule has 0 aliphatic rings. The lowest BCUT2D eigenvalue weighted by Crippen LogP contribution is -2.38. The van der Waals surface area contributed by atoms with Gasteiger partial charge in [-0.1, -0.05) is 30.3 Å². The molecule has 0 aliphatic carbocycles. The molecule has 2 aromatic carbocycles. The number of benzene rings is 2. The van der Waals surface area contributed by atoms with Gasteiger partial charge >= 0.3 is 0 Å². The van der Waals surface area contributed by atoms with Gasteiger partial charge in [0.1, 0.15) is 6.54 Å². The van der Waals surface area contributed by atoms with Crippen molar-refractivity contribution in [3.8, 4) is 28.4 Å². The van der Waals surface area contributed by atoms with Crippen LogP contribution in [0.4, 0.5) is 5.95 Å². The van der Waals surface area contributed by atoms with Crippen molar-refractivity contribution in [2.24, 2.45) is 0 Å². The van der Waals surface area contributed by atoms with Crippen molar-refractivity contribution in [3.05, 3.63) is 78.9 Å². The van der Waals surface area contributed by atoms with Crippen LogP contribution in [0.15, 0.2) is 77.5 Å². The minimum absolute atomic E-state index is 0.157. The van der Waals surface area contributed by atoms with Crippen LogP contribution in [0, 0.1) is 0 Å². The summed E-state index contributed by atoms with van der Waals surface area (Å²) in [7, 11) is 3.13. The molecule has 9 nitrogen and oxygen atoms in total. The number of likely N-dealkylation sites (N-methyl/N-ethyl adjacent to an activating group) is 1. The predicted octanol–water partition coefficient (Wildman–Crippen LogP) is 4.25. The molecule has 0 saturated carbocycles. The molecule has 4 rings (SSSR count). The van der Waals surface area contributed by atoms with Gasteiger partial charge in [-0.05, 0) is 31.2 Å². The SMILES string of the molecule is CCN(CC(=O)Nc1nc(-c2ccccc2)cn1-c1ccc(OC)c(OC)c1)C(=O)c1ccco1. The maximum Gasteiger partial charge on any atom is 0.290 e. The van der Waals surface area contributed by atoms with E-state index in [2.05, 4.69) is 10.3 Å². The van der Waals surface area contributed by atoms with Crippen LogP contribution in [0.1, 0.15) is 17.5 Å². The Morgan fingerprint density at radius 3 is 2.46 bits per heavy atom. The molecule has 2 heterocycles. The van der Waals surface area contributed by atoms with E-state index in [-0.39, 0.29) is 18.2 Å². The van der Waals surface area contributed by atoms with Gasteiger partial charge < -0.3 is 18.8 Å². The average Bonchev–Trinajstić information content (AvgIpc) is 3.58. The first-order valence-corrected chi connectivity index (χ1v) is 11.0. The number of nitrogens with one attached hydrogen (secondary N) is 1. The second kappa shape index (κ2) is 10.6. The zero-order valence-corrected chi connectivity index (χ0v) is 19.7. The van der Waals surface area contributed by atoms with E-state index in [1.165, 1.54) is 11.2 Å². The van der Waals surface area contributed by atoms with Crippen LogP contribution in [0.25, 0.3) is 16.9 Å². The van der Waals surface area contributed by atoms with E-state index in [0.29, 0.717) is 35.4 Å². The average molecular weight is 475 g/mol. The van der Waals surface area contributed by atoms with E-state index < -0.39 is 5.91 Å². The molecule has 0 bridgehead atoms. The number of carbonyl (C=O) groups excluding carboxylic acids is 2. The van der Waals surface area contributed by atoms with Crippen molar-refractivity contribution in [1.82, 2.24) is 14.5 Å². The summed E-state index contributed by atoms with van der Waals surface area (Å²) in [4.78, 5) is 31.7. The first-order valence-electron chi connectivity index (χ1n) is 11.0. The van der Waals surface area contributed by atoms with Crippen LogP contribution in [0.2, 0.25) is 0 Å². The van der Waals surface area contributed by atoms with E-state index in [0.717, 1.165) is 5.56 Å². The number of hydrogen-bond acceptors (Lipinski definition) is 6. The Morgan fingerprint density at radius 1 is 1.03 bits per heavy atom. The molecule has 9 heteroatoms. The van der Waals surface area contributed by atoms with Crippen LogP contribution in [-0.4, -0.2) is 53.6 Å². The Balaban J connectivity index is 1.65. The fourth-order valence-corrected chi connectivity index (χ4v) is 3.61. The van der Waals surface area contributed by atoms with Crippen molar-refractivity contribution in [3.63, 3.8) is 0 Å². The fraction of sp³-hybridized carbons (Fsp3) is 0.192. The van der Waals surface area contributed by atoms with Crippen molar-refractivity contribution in [1.29, 1.82) is 0 Å². The number of anilines is 1. The molecular formula is C26H26N4O5. The van der Waals surface area contributed by atoms with Crippen molar-refractivity contribution in [2.75, 3.05) is 32.6 Å². The highest BCUT2D eigenvalue weighted by Gasteiger charge is 2.21. The molecule has 0 spiro atoms. The number of aromatic nitrogens is 2. The minimum atomic E-state index is -0.390. The number of furan rings is 1. The Morgan fingerprint density at radius 2 is 1.80 bits per heavy atom. The fourth-order valence-electron chi connectivity index (χ4n) is 3.61. The highest BCUT2D eigenvalue weighted by Crippen LogP contribution is 2.31. The Bertz CT molecular complexity index is 1300. The molecule has 0 unspecified atom stereocenters. The molecule has 0 atom stereocenters. The molecule has 0 aliphatic heterocycles. The summed E-state index contributed by atoms with van der Waals surface area (Å²) in [5.41, 5.74) is 2.28. The molecule has 0 radical (unpaired) electrons. The van der Waals surface area contributed by atoms with Crippen LogP contribution < -0.4 is 14.8 Å². The van der Waals surface area contributed by atoms with Crippen LogP contribution >= 0.6 is 0 Å². The normalized spacial score (nSPS) is 10.6. The van der Waals surface area contributed by atoms with Gasteiger partial charge in [0.25, 0.3) is 5.91 Å². The van der Waals surface area contributed by atoms with Gasteiger partial charge in [0.05, 0.1) is 31.9 Å². The molecule has 35 heavy (non-hydrogen) atoms. The molecule has 4 aromatic rings. The van der Waals surface area contributed by atoms with E-state index in [9.17, 15) is 9.59 Å². The monoisotopic (exact) mass is 474 g/mol. The predicted molar refractivity (Wildman–Crippen MR) is 131 cm³/mol. The van der Waals surface area contributed by atoms with Gasteiger partial charge in [0.2, 0.25) is 11.9 Å². The lowest BCUT2D eigenvalue weighted by molar-refractivity contribution is -0.116. The Hall–Kier alpha value is -4.53. The zero-order valence-electron chi connectivity index (χ0n) is 19.7. The molecule has 2 aromatic heterocycles. The number of nitrogens with zero attached hydrogens (tertiary/aromatic N) is 3. The summed E-state index contributed by atoms with van der Waals surface area (Å²) in [5, 5.41) is 2.85. The van der Waals surface area contributed by atoms with Crippen LogP contribution in [0.5, 0.6) is 11.5 Å². The van der Waals surface area contributed by atoms with Gasteiger partial charge in [-0.25, -0.2) is 4.98 Å². The van der Waals surface area contributed by atoms with Crippen molar-refractivity contribution in [2.45, 2.75) is 6.92 Å². The van der Waals surface area contributed by atoms with Gasteiger partial charge in [0.15, 0.2) is 17.3 Å². The van der Waals surface area contributed by atoms with E-state index in [4.69, 9.17) is 13.9 Å². The second-order valence-electron chi connectivity index (χ2n) is 7.57. The zero-order chi connectivity index (χ0) is 24.8. The first kappa shape index (κ1) is 23.6. The number of rotatable bonds is 9. The van der Waals surface area contributed by atoms with Crippen LogP contribution in [-0.2, 0) is 4.79 Å². The highest BCUT2D eigenvalue weighted by atomic mass is 16.5. The van der Waals surface area contributed by atoms with E-state index in [1.807, 2.05) is 42.6 Å². The molecule has 1 N–H and O–H groups in total. The van der Waals surface area contributed by atoms with E-state index >= 15 is 0 Å². The van der Waals surface area contributed by atoms with Crippen LogP contribution in [0.3, 0.4) is 0 Å². The lowest BCUT2D eigenvalue weighted by Gasteiger charge is -2.19. The third kappa shape index (κ3) is 5.19. The van der Waals surface area contributed by atoms with Crippen molar-refractivity contribution >= 4 is 17.8 Å². The summed E-state index contributed by atoms with van der Waals surface area (Å²) in [5.74, 6) is 0.860. The van der Waals surface area contributed by atoms with Gasteiger partial charge in [0, 0.05) is 24.4 Å². The number of ether oxygens (including phenoxy) is 2. The van der Waals surface area contributed by atoms with Crippen molar-refractivity contribution < 1.29 is 23.5 Å². The summed E-state index contributed by atoms with van der Waals surface area (Å²) in [6, 6.07) is 18.3. The number of carbonyl (C=O) groups is 2. The number of methoxy groups -OCH3 is 2. The highest BCUT2D eigenvalue weighted by molar-refractivity contribution is 5.97. The molecule has 0 fully saturated rings. The Labute approximate surface area is 202 Å². The number of hydrogen-bond donors (Lipinski definition) is 1. The standard InChI is InChI=1S/C26H26N4O5/c1-4-29(25(32)22-11-8-14-35-22)17-24(31)28-26-27-20(18-9-6-5-7-10-18)16-30(26)19-12-13-21(33-2)23(15-19)34-3/h5-16H,4,17H2,1-3H3,(H,27,28,31). The first-order chi connectivity index (χ1) is 17.0. The van der Waals surface area contributed by atoms with E-state index in [1.54, 1.807) is 50.0 Å². The largest absolute Gasteiger partial charge is 0.493 e. The summed E-state index contributed by atoms with van der Waals surface area (Å²) < 4.78 is 17.7. The maximum absolute atomic E-state index is 13.0. The number of imidazole rings is 1. The number of amides is 2. The summed E-state index contributed by atoms with van der Waals surface area (Å²) >= 11 is 0. The van der Waals surface area contributed by atoms with Gasteiger partial charge in [-0.3, -0.25) is 19.5 Å². The minimum Gasteiger partial charge on any atom is -0.493 e. The third-order valence-corrected chi connectivity index (χ3v) is 5.41. The lowest BCUT2D eigenvalue weighted by atomic mass is 10.2. The maximum atomic E-state index is 13.0. The Kier molecular flexibility index (Phi) is 7.15. The summed E-state index contributed by atoms with van der Waals surface area (Å²) in [6.07, 6.45) is 3.25. The van der Waals surface area contributed by atoms with Gasteiger partial charge in [-0.15, -0.1) is 0 Å². The third-order valence-electron chi connectivity index (χ3n) is 5.41. The molecular weight excluding hydrogens is 448 g/mol. The topological polar surface area (TPSA) is 98.8 Å². The van der Waals surface area contributed by atoms with Gasteiger partial charge in [-0.2, -0.15) is 0 Å². The molecule has 0 saturated heterocycles. The smallest absolute Gasteiger partial charge is 0.290 e. The molecule has 180 valence electrons. The quantitative estimate of drug-likeness (QED) is 0.389. The molecule has 2 amide bonds. The second-order valence-corrected chi connectivity index (χ2v) is 7.57.